The highest BCUT2D eigenvalue weighted by atomic mass is 32.2. The first-order valence-corrected chi connectivity index (χ1v) is 9.82. The molecule has 3 rings (SSSR count). The van der Waals surface area contributed by atoms with E-state index in [4.69, 9.17) is 12.6 Å². The topological polar surface area (TPSA) is 143 Å². The lowest BCUT2D eigenvalue weighted by Crippen LogP contribution is -2.10. The average molecular weight is 420 g/mol. The molecule has 2 aromatic heterocycles. The first kappa shape index (κ1) is 21.9. The van der Waals surface area contributed by atoms with Gasteiger partial charge in [0.2, 0.25) is 0 Å². The third-order valence-corrected chi connectivity index (χ3v) is 4.01. The van der Waals surface area contributed by atoms with Gasteiger partial charge in [0.1, 0.15) is 18.1 Å². The van der Waals surface area contributed by atoms with Gasteiger partial charge in [-0.25, -0.2) is 9.25 Å². The zero-order valence-electron chi connectivity index (χ0n) is 15.7. The van der Waals surface area contributed by atoms with Crippen LogP contribution in [0.1, 0.15) is 31.7 Å². The summed E-state index contributed by atoms with van der Waals surface area (Å²) in [5, 5.41) is 19.1. The third-order valence-electron chi connectivity index (χ3n) is 4.01. The van der Waals surface area contributed by atoms with Crippen molar-refractivity contribution >= 4 is 16.6 Å². The van der Waals surface area contributed by atoms with Gasteiger partial charge >= 0.3 is 16.6 Å². The lowest BCUT2D eigenvalue weighted by atomic mass is 10.0. The maximum absolute atomic E-state index is 10.9. The second kappa shape index (κ2) is 10.8. The smallest absolute Gasteiger partial charge is 0.390 e. The number of benzene rings is 1. The van der Waals surface area contributed by atoms with Crippen LogP contribution >= 0.6 is 0 Å². The summed E-state index contributed by atoms with van der Waals surface area (Å²) in [6, 6.07) is 8.31. The van der Waals surface area contributed by atoms with Crippen LogP contribution in [0, 0.1) is 10.1 Å². The van der Waals surface area contributed by atoms with Gasteiger partial charge in [0.05, 0.1) is 6.20 Å². The Hall–Kier alpha value is -3.41. The van der Waals surface area contributed by atoms with Crippen molar-refractivity contribution in [3.05, 3.63) is 58.5 Å². The Bertz CT molecular complexity index is 1040. The zero-order valence-corrected chi connectivity index (χ0v) is 16.5. The van der Waals surface area contributed by atoms with Crippen LogP contribution in [0.15, 0.2) is 42.9 Å². The van der Waals surface area contributed by atoms with E-state index in [1.807, 2.05) is 12.1 Å². The molecule has 3 aromatic rings. The molecule has 0 saturated carbocycles. The van der Waals surface area contributed by atoms with Crippen molar-refractivity contribution in [2.24, 2.45) is 0 Å². The Morgan fingerprint density at radius 3 is 2.45 bits per heavy atom. The summed E-state index contributed by atoms with van der Waals surface area (Å²) in [6.07, 6.45) is 9.47. The largest absolute Gasteiger partial charge is 0.436 e. The summed E-state index contributed by atoms with van der Waals surface area (Å²) >= 11 is 0. The summed E-state index contributed by atoms with van der Waals surface area (Å²) in [5.74, 6) is -0.214. The lowest BCUT2D eigenvalue weighted by Gasteiger charge is -2.02. The molecule has 0 radical (unpaired) electrons. The van der Waals surface area contributed by atoms with Gasteiger partial charge in [0, 0.05) is 5.56 Å². The molecule has 29 heavy (non-hydrogen) atoms. The van der Waals surface area contributed by atoms with E-state index in [1.54, 1.807) is 17.1 Å². The van der Waals surface area contributed by atoms with Crippen LogP contribution in [0.2, 0.25) is 0 Å². The molecule has 154 valence electrons. The minimum atomic E-state index is -3.11. The maximum atomic E-state index is 10.9. The molecule has 2 heterocycles. The van der Waals surface area contributed by atoms with E-state index in [1.165, 1.54) is 35.6 Å². The average Bonchev–Trinajstić information content (AvgIpc) is 3.32. The molecule has 0 saturated heterocycles. The fourth-order valence-electron chi connectivity index (χ4n) is 2.66. The van der Waals surface area contributed by atoms with Crippen LogP contribution in [-0.2, 0) is 23.7 Å². The maximum Gasteiger partial charge on any atom is 0.436 e. The number of hydrogen-bond donors (Lipinski definition) is 0. The van der Waals surface area contributed by atoms with Crippen LogP contribution in [0.4, 0.5) is 5.95 Å². The van der Waals surface area contributed by atoms with E-state index in [0.29, 0.717) is 0 Å². The van der Waals surface area contributed by atoms with Crippen molar-refractivity contribution in [1.29, 1.82) is 0 Å². The Labute approximate surface area is 168 Å². The molecule has 0 aliphatic carbocycles. The molecule has 11 nitrogen and oxygen atoms in total. The molecular formula is C17H20N6O5S. The van der Waals surface area contributed by atoms with Gasteiger partial charge in [-0.2, -0.15) is 0 Å². The number of nitro groups is 1. The van der Waals surface area contributed by atoms with E-state index in [0.717, 1.165) is 17.7 Å². The molecule has 0 bridgehead atoms. The first-order chi connectivity index (χ1) is 13.9. The van der Waals surface area contributed by atoms with Crippen molar-refractivity contribution in [2.45, 2.75) is 39.3 Å². The minimum Gasteiger partial charge on any atom is -0.390 e. The van der Waals surface area contributed by atoms with E-state index in [2.05, 4.69) is 34.4 Å². The van der Waals surface area contributed by atoms with Gasteiger partial charge in [-0.1, -0.05) is 54.2 Å². The monoisotopic (exact) mass is 420 g/mol. The van der Waals surface area contributed by atoms with Gasteiger partial charge in [0.15, 0.2) is 6.67 Å². The molecule has 0 unspecified atom stereocenters. The molecular weight excluding hydrogens is 400 g/mol. The van der Waals surface area contributed by atoms with E-state index in [9.17, 15) is 10.1 Å². The number of nitrogens with zero attached hydrogens (tertiary/aromatic N) is 6. The standard InChI is InChI=1S/C17H20N6O2.O3S/c1-2-3-4-5-14-6-8-15(9-7-14)16-12-22(20-19-16)13-21-11-10-18-17(21)23(24)25;1-4(2)3/h6-12H,2-5,13H2,1H3;. The van der Waals surface area contributed by atoms with Gasteiger partial charge in [-0.3, -0.25) is 0 Å². The van der Waals surface area contributed by atoms with Crippen LogP contribution in [0.25, 0.3) is 11.3 Å². The number of unbranched alkanes of at least 4 members (excludes halogenated alkanes) is 2. The van der Waals surface area contributed by atoms with Crippen molar-refractivity contribution in [3.63, 3.8) is 0 Å². The zero-order chi connectivity index (χ0) is 21.2. The van der Waals surface area contributed by atoms with Gasteiger partial charge < -0.3 is 10.1 Å². The highest BCUT2D eigenvalue weighted by Crippen LogP contribution is 2.18. The van der Waals surface area contributed by atoms with Crippen LogP contribution in [0.3, 0.4) is 0 Å². The molecule has 12 heteroatoms. The predicted octanol–water partition coefficient (Wildman–Crippen LogP) is 2.28. The van der Waals surface area contributed by atoms with Crippen molar-refractivity contribution in [1.82, 2.24) is 24.5 Å². The van der Waals surface area contributed by atoms with Gasteiger partial charge in [-0.15, -0.1) is 17.7 Å². The SMILES string of the molecule is CCCCCc1ccc(-c2cn(Cn3ccnc3[N+](=O)[O-])nn2)cc1.O=S(=O)=O. The molecule has 1 aromatic carbocycles. The highest BCUT2D eigenvalue weighted by molar-refractivity contribution is 7.59. The number of imidazole rings is 1. The summed E-state index contributed by atoms with van der Waals surface area (Å²) in [4.78, 5) is 14.1. The Kier molecular flexibility index (Phi) is 8.15. The van der Waals surface area contributed by atoms with Crippen molar-refractivity contribution in [3.8, 4) is 11.3 Å². The van der Waals surface area contributed by atoms with Crippen molar-refractivity contribution in [2.75, 3.05) is 0 Å². The van der Waals surface area contributed by atoms with Crippen LogP contribution < -0.4 is 0 Å². The van der Waals surface area contributed by atoms with Crippen molar-refractivity contribution < 1.29 is 17.6 Å². The van der Waals surface area contributed by atoms with E-state index >= 15 is 0 Å². The molecule has 0 amide bonds. The molecule has 0 aliphatic rings. The minimum absolute atomic E-state index is 0.193. The molecule has 0 atom stereocenters. The quantitative estimate of drug-likeness (QED) is 0.307. The lowest BCUT2D eigenvalue weighted by molar-refractivity contribution is -0.396. The van der Waals surface area contributed by atoms with Gasteiger partial charge in [-0.05, 0) is 23.3 Å². The summed E-state index contributed by atoms with van der Waals surface area (Å²) < 4.78 is 28.3. The normalized spacial score (nSPS) is 10.2. The van der Waals surface area contributed by atoms with E-state index in [-0.39, 0.29) is 12.6 Å². The van der Waals surface area contributed by atoms with Crippen LogP contribution in [-0.4, -0.2) is 42.1 Å². The first-order valence-electron chi connectivity index (χ1n) is 8.82. The van der Waals surface area contributed by atoms with E-state index < -0.39 is 15.5 Å². The summed E-state index contributed by atoms with van der Waals surface area (Å²) in [6.45, 7) is 2.39. The van der Waals surface area contributed by atoms with Crippen LogP contribution in [0.5, 0.6) is 0 Å². The molecule has 0 aliphatic heterocycles. The number of rotatable bonds is 8. The second-order valence-corrected chi connectivity index (χ2v) is 6.51. The molecule has 0 N–H and O–H groups in total. The Balaban J connectivity index is 0.000000687. The molecule has 0 spiro atoms. The second-order valence-electron chi connectivity index (χ2n) is 6.10. The highest BCUT2D eigenvalue weighted by Gasteiger charge is 2.15. The fraction of sp³-hybridized carbons (Fsp3) is 0.353. The summed E-state index contributed by atoms with van der Waals surface area (Å²) in [5.41, 5.74) is 3.03. The Morgan fingerprint density at radius 1 is 1.14 bits per heavy atom. The summed E-state index contributed by atoms with van der Waals surface area (Å²) in [7, 11) is -3.11. The fourth-order valence-corrected chi connectivity index (χ4v) is 2.66. The molecule has 0 fully saturated rings. The number of hydrogen-bond acceptors (Lipinski definition) is 8. The predicted molar refractivity (Wildman–Crippen MR) is 103 cm³/mol. The third kappa shape index (κ3) is 6.92. The Morgan fingerprint density at radius 2 is 1.83 bits per heavy atom. The number of aryl methyl sites for hydroxylation is 1. The number of aromatic nitrogens is 5. The van der Waals surface area contributed by atoms with Gasteiger partial charge in [0.25, 0.3) is 0 Å².